The van der Waals surface area contributed by atoms with Crippen LogP contribution in [0, 0.1) is 12.8 Å². The highest BCUT2D eigenvalue weighted by molar-refractivity contribution is 5.89. The van der Waals surface area contributed by atoms with Gasteiger partial charge in [0.05, 0.1) is 12.0 Å². The Labute approximate surface area is 172 Å². The molecular formula is C24H29N3O2. The van der Waals surface area contributed by atoms with Crippen molar-refractivity contribution in [2.45, 2.75) is 26.3 Å². The summed E-state index contributed by atoms with van der Waals surface area (Å²) in [5.74, 6) is -0.0116. The molecule has 152 valence electrons. The lowest BCUT2D eigenvalue weighted by Gasteiger charge is -2.37. The van der Waals surface area contributed by atoms with E-state index in [1.165, 1.54) is 11.3 Å². The molecule has 0 radical (unpaired) electrons. The number of benzene rings is 2. The minimum atomic E-state index is -0.223. The predicted molar refractivity (Wildman–Crippen MR) is 115 cm³/mol. The van der Waals surface area contributed by atoms with Crippen LogP contribution in [0.2, 0.25) is 0 Å². The molecule has 2 aromatic carbocycles. The third kappa shape index (κ3) is 4.00. The molecule has 2 fully saturated rings. The van der Waals surface area contributed by atoms with Crippen LogP contribution in [0.4, 0.5) is 5.69 Å². The van der Waals surface area contributed by atoms with Gasteiger partial charge in [-0.1, -0.05) is 48.5 Å². The Bertz CT molecular complexity index is 875. The van der Waals surface area contributed by atoms with E-state index in [4.69, 9.17) is 0 Å². The van der Waals surface area contributed by atoms with Crippen molar-refractivity contribution in [1.82, 2.24) is 9.80 Å². The molecule has 2 aliphatic rings. The van der Waals surface area contributed by atoms with Crippen molar-refractivity contribution in [2.75, 3.05) is 37.6 Å². The molecule has 0 bridgehead atoms. The molecule has 0 spiro atoms. The second-order valence-electron chi connectivity index (χ2n) is 8.13. The normalized spacial score (nSPS) is 20.8. The fraction of sp³-hybridized carbons (Fsp3) is 0.417. The summed E-state index contributed by atoms with van der Waals surface area (Å²) in [4.78, 5) is 31.9. The average molecular weight is 392 g/mol. The quantitative estimate of drug-likeness (QED) is 0.804. The van der Waals surface area contributed by atoms with E-state index in [0.717, 1.165) is 18.7 Å². The van der Waals surface area contributed by atoms with E-state index in [1.807, 2.05) is 47.1 Å². The smallest absolute Gasteiger partial charge is 0.228 e. The molecule has 2 saturated heterocycles. The second-order valence-corrected chi connectivity index (χ2v) is 8.13. The molecule has 2 aliphatic heterocycles. The lowest BCUT2D eigenvalue weighted by Crippen LogP contribution is -2.50. The third-order valence-electron chi connectivity index (χ3n) is 6.30. The number of rotatable bonds is 4. The Morgan fingerprint density at radius 3 is 2.31 bits per heavy atom. The summed E-state index contributed by atoms with van der Waals surface area (Å²) >= 11 is 0. The van der Waals surface area contributed by atoms with E-state index in [2.05, 4.69) is 36.1 Å². The standard InChI is InChI=1S/C24H29N3O2/c1-18-8-6-7-11-22(18)25-12-14-26(15-13-25)24(29)21-16-23(28)27(17-21)19(2)20-9-4-3-5-10-20/h3-11,19,21H,12-17H2,1-2H3/t19-,21-/m1/s1. The molecule has 2 amide bonds. The van der Waals surface area contributed by atoms with Crippen molar-refractivity contribution in [2.24, 2.45) is 5.92 Å². The Hall–Kier alpha value is -2.82. The molecule has 2 aromatic rings. The molecule has 29 heavy (non-hydrogen) atoms. The number of likely N-dealkylation sites (tertiary alicyclic amines) is 1. The molecule has 2 atom stereocenters. The highest BCUT2D eigenvalue weighted by Gasteiger charge is 2.39. The number of carbonyl (C=O) groups excluding carboxylic acids is 2. The largest absolute Gasteiger partial charge is 0.368 e. The minimum absolute atomic E-state index is 0.000553. The molecule has 0 aromatic heterocycles. The monoisotopic (exact) mass is 391 g/mol. The van der Waals surface area contributed by atoms with Gasteiger partial charge in [-0.3, -0.25) is 9.59 Å². The number of carbonyl (C=O) groups is 2. The van der Waals surface area contributed by atoms with Crippen LogP contribution < -0.4 is 4.90 Å². The highest BCUT2D eigenvalue weighted by Crippen LogP contribution is 2.30. The summed E-state index contributed by atoms with van der Waals surface area (Å²) in [7, 11) is 0. The summed E-state index contributed by atoms with van der Waals surface area (Å²) in [6.07, 6.45) is 0.327. The molecule has 0 aliphatic carbocycles. The molecule has 4 rings (SSSR count). The van der Waals surface area contributed by atoms with Gasteiger partial charge in [-0.15, -0.1) is 0 Å². The van der Waals surface area contributed by atoms with Gasteiger partial charge in [0.25, 0.3) is 0 Å². The van der Waals surface area contributed by atoms with Crippen molar-refractivity contribution in [3.8, 4) is 0 Å². The number of amides is 2. The first-order chi connectivity index (χ1) is 14.0. The Morgan fingerprint density at radius 2 is 1.62 bits per heavy atom. The van der Waals surface area contributed by atoms with Crippen molar-refractivity contribution in [3.05, 3.63) is 65.7 Å². The van der Waals surface area contributed by atoms with Gasteiger partial charge in [0, 0.05) is 44.8 Å². The van der Waals surface area contributed by atoms with Gasteiger partial charge in [-0.2, -0.15) is 0 Å². The van der Waals surface area contributed by atoms with Crippen LogP contribution in [0.25, 0.3) is 0 Å². The molecule has 0 unspecified atom stereocenters. The molecule has 5 nitrogen and oxygen atoms in total. The third-order valence-corrected chi connectivity index (χ3v) is 6.30. The number of para-hydroxylation sites is 1. The molecule has 2 heterocycles. The van der Waals surface area contributed by atoms with E-state index in [1.54, 1.807) is 0 Å². The average Bonchev–Trinajstić information content (AvgIpc) is 3.15. The van der Waals surface area contributed by atoms with Gasteiger partial charge in [-0.05, 0) is 31.0 Å². The van der Waals surface area contributed by atoms with E-state index in [-0.39, 0.29) is 23.8 Å². The van der Waals surface area contributed by atoms with Crippen LogP contribution in [0.15, 0.2) is 54.6 Å². The fourth-order valence-electron chi connectivity index (χ4n) is 4.53. The Balaban J connectivity index is 1.36. The van der Waals surface area contributed by atoms with Crippen LogP contribution in [0.5, 0.6) is 0 Å². The zero-order valence-corrected chi connectivity index (χ0v) is 17.3. The maximum atomic E-state index is 13.1. The van der Waals surface area contributed by atoms with Crippen molar-refractivity contribution in [1.29, 1.82) is 0 Å². The highest BCUT2D eigenvalue weighted by atomic mass is 16.2. The maximum Gasteiger partial charge on any atom is 0.228 e. The van der Waals surface area contributed by atoms with Gasteiger partial charge in [0.2, 0.25) is 11.8 Å². The SMILES string of the molecule is Cc1ccccc1N1CCN(C(=O)[C@@H]2CC(=O)N([C@H](C)c3ccccc3)C2)CC1. The lowest BCUT2D eigenvalue weighted by atomic mass is 10.1. The lowest BCUT2D eigenvalue weighted by molar-refractivity contribution is -0.136. The molecule has 5 heteroatoms. The summed E-state index contributed by atoms with van der Waals surface area (Å²) < 4.78 is 0. The van der Waals surface area contributed by atoms with Crippen LogP contribution in [-0.4, -0.2) is 54.3 Å². The Morgan fingerprint density at radius 1 is 0.966 bits per heavy atom. The first kappa shape index (κ1) is 19.5. The number of nitrogens with zero attached hydrogens (tertiary/aromatic N) is 3. The Kier molecular flexibility index (Phi) is 5.56. The zero-order chi connectivity index (χ0) is 20.4. The van der Waals surface area contributed by atoms with Gasteiger partial charge in [0.15, 0.2) is 0 Å². The van der Waals surface area contributed by atoms with Crippen LogP contribution in [0.3, 0.4) is 0 Å². The topological polar surface area (TPSA) is 43.9 Å². The van der Waals surface area contributed by atoms with Crippen LogP contribution in [0.1, 0.15) is 30.5 Å². The van der Waals surface area contributed by atoms with Crippen molar-refractivity contribution < 1.29 is 9.59 Å². The number of hydrogen-bond acceptors (Lipinski definition) is 3. The molecular weight excluding hydrogens is 362 g/mol. The van der Waals surface area contributed by atoms with Crippen molar-refractivity contribution >= 4 is 17.5 Å². The van der Waals surface area contributed by atoms with Gasteiger partial charge in [0.1, 0.15) is 0 Å². The first-order valence-electron chi connectivity index (χ1n) is 10.5. The number of anilines is 1. The minimum Gasteiger partial charge on any atom is -0.368 e. The van der Waals surface area contributed by atoms with E-state index < -0.39 is 0 Å². The summed E-state index contributed by atoms with van der Waals surface area (Å²) in [5.41, 5.74) is 3.62. The van der Waals surface area contributed by atoms with E-state index in [9.17, 15) is 9.59 Å². The fourth-order valence-corrected chi connectivity index (χ4v) is 4.53. The number of piperazine rings is 1. The predicted octanol–water partition coefficient (Wildman–Crippen LogP) is 3.25. The maximum absolute atomic E-state index is 13.1. The summed E-state index contributed by atoms with van der Waals surface area (Å²) in [6, 6.07) is 18.4. The number of hydrogen-bond donors (Lipinski definition) is 0. The first-order valence-corrected chi connectivity index (χ1v) is 10.5. The van der Waals surface area contributed by atoms with E-state index >= 15 is 0 Å². The van der Waals surface area contributed by atoms with E-state index in [0.29, 0.717) is 26.1 Å². The second kappa shape index (κ2) is 8.27. The van der Waals surface area contributed by atoms with Gasteiger partial charge < -0.3 is 14.7 Å². The van der Waals surface area contributed by atoms with Gasteiger partial charge in [-0.25, -0.2) is 0 Å². The zero-order valence-electron chi connectivity index (χ0n) is 17.3. The van der Waals surface area contributed by atoms with Gasteiger partial charge >= 0.3 is 0 Å². The number of aryl methyl sites for hydroxylation is 1. The summed E-state index contributed by atoms with van der Waals surface area (Å²) in [5, 5.41) is 0. The molecule has 0 N–H and O–H groups in total. The van der Waals surface area contributed by atoms with Crippen LogP contribution >= 0.6 is 0 Å². The van der Waals surface area contributed by atoms with Crippen LogP contribution in [-0.2, 0) is 9.59 Å². The molecule has 0 saturated carbocycles. The summed E-state index contributed by atoms with van der Waals surface area (Å²) in [6.45, 7) is 7.78. The van der Waals surface area contributed by atoms with Crippen molar-refractivity contribution in [3.63, 3.8) is 0 Å².